The van der Waals surface area contributed by atoms with Gasteiger partial charge in [-0.15, -0.1) is 0 Å². The molecule has 0 aromatic heterocycles. The summed E-state index contributed by atoms with van der Waals surface area (Å²) in [6.45, 7) is 5.27. The number of fused-ring (bicyclic) bond motifs is 4. The number of hydrogen-bond acceptors (Lipinski definition) is 10. The Morgan fingerprint density at radius 3 is 2.63 bits per heavy atom. The van der Waals surface area contributed by atoms with Crippen molar-refractivity contribution in [1.29, 1.82) is 0 Å². The van der Waals surface area contributed by atoms with Crippen molar-refractivity contribution in [2.45, 2.75) is 93.3 Å². The average molecular weight is 527 g/mol. The SMILES string of the molecule is C[C@@]12C[C@H]3OC(=O)[C@@H]1COC14O[C@]5([C@H]2C1=O)[C@@](O)(CC[C@H]1C4CC2OC24CC=CC(=O)[C@]14C)C(=O)O[C@@]35C. The fourth-order valence-electron chi connectivity index (χ4n) is 10.9. The van der Waals surface area contributed by atoms with Crippen molar-refractivity contribution >= 4 is 23.5 Å². The molecule has 202 valence electrons. The number of rotatable bonds is 0. The van der Waals surface area contributed by atoms with E-state index in [1.54, 1.807) is 13.0 Å². The normalized spacial score (nSPS) is 64.1. The van der Waals surface area contributed by atoms with Crippen LogP contribution in [-0.4, -0.2) is 75.6 Å². The number of ketones is 2. The van der Waals surface area contributed by atoms with E-state index in [0.29, 0.717) is 12.8 Å². The van der Waals surface area contributed by atoms with Gasteiger partial charge in [0.2, 0.25) is 5.79 Å². The van der Waals surface area contributed by atoms with Gasteiger partial charge in [-0.1, -0.05) is 13.0 Å². The van der Waals surface area contributed by atoms with Gasteiger partial charge in [-0.05, 0) is 63.4 Å². The van der Waals surface area contributed by atoms with E-state index in [1.165, 1.54) is 0 Å². The second kappa shape index (κ2) is 5.82. The Morgan fingerprint density at radius 1 is 1.05 bits per heavy atom. The van der Waals surface area contributed by atoms with Crippen LogP contribution in [0.15, 0.2) is 12.2 Å². The molecular weight excluding hydrogens is 496 g/mol. The fourth-order valence-corrected chi connectivity index (χ4v) is 10.9. The van der Waals surface area contributed by atoms with E-state index in [4.69, 9.17) is 23.7 Å². The molecule has 8 fully saturated rings. The molecule has 3 spiro atoms. The van der Waals surface area contributed by atoms with Gasteiger partial charge < -0.3 is 28.8 Å². The van der Waals surface area contributed by atoms with Crippen LogP contribution in [0.3, 0.4) is 0 Å². The maximum absolute atomic E-state index is 14.9. The van der Waals surface area contributed by atoms with E-state index in [-0.39, 0.29) is 43.5 Å². The van der Waals surface area contributed by atoms with Gasteiger partial charge >= 0.3 is 11.9 Å². The highest BCUT2D eigenvalue weighted by Gasteiger charge is 2.94. The lowest BCUT2D eigenvalue weighted by Gasteiger charge is -2.63. The zero-order valence-corrected chi connectivity index (χ0v) is 21.5. The van der Waals surface area contributed by atoms with Gasteiger partial charge in [0.1, 0.15) is 11.7 Å². The first kappa shape index (κ1) is 22.7. The van der Waals surface area contributed by atoms with E-state index in [9.17, 15) is 24.3 Å². The summed E-state index contributed by atoms with van der Waals surface area (Å²) in [6, 6.07) is 0. The summed E-state index contributed by atoms with van der Waals surface area (Å²) in [7, 11) is 0. The molecule has 6 heterocycles. The zero-order chi connectivity index (χ0) is 26.5. The molecule has 6 aliphatic heterocycles. The van der Waals surface area contributed by atoms with Crippen LogP contribution in [0, 0.1) is 34.5 Å². The second-order valence-electron chi connectivity index (χ2n) is 13.8. The number of carbonyl (C=O) groups excluding carboxylic acids is 4. The monoisotopic (exact) mass is 526 g/mol. The number of hydrogen-bond donors (Lipinski definition) is 1. The number of esters is 2. The second-order valence-corrected chi connectivity index (χ2v) is 13.8. The smallest absolute Gasteiger partial charge is 0.342 e. The molecule has 5 bridgehead atoms. The first-order valence-corrected chi connectivity index (χ1v) is 13.8. The molecule has 9 aliphatic rings. The summed E-state index contributed by atoms with van der Waals surface area (Å²) >= 11 is 0. The van der Waals surface area contributed by atoms with E-state index >= 15 is 0 Å². The number of ether oxygens (including phenoxy) is 5. The van der Waals surface area contributed by atoms with Gasteiger partial charge in [0.05, 0.1) is 30.0 Å². The third kappa shape index (κ3) is 1.79. The van der Waals surface area contributed by atoms with Gasteiger partial charge in [-0.25, -0.2) is 4.79 Å². The number of carbonyl (C=O) groups is 4. The summed E-state index contributed by atoms with van der Waals surface area (Å²) in [5, 5.41) is 12.4. The van der Waals surface area contributed by atoms with Gasteiger partial charge in [0.25, 0.3) is 0 Å². The molecule has 0 radical (unpaired) electrons. The van der Waals surface area contributed by atoms with Crippen molar-refractivity contribution < 1.29 is 48.0 Å². The highest BCUT2D eigenvalue weighted by Crippen LogP contribution is 2.77. The Balaban J connectivity index is 1.34. The van der Waals surface area contributed by atoms with Crippen LogP contribution in [0.25, 0.3) is 0 Å². The maximum Gasteiger partial charge on any atom is 0.342 e. The number of epoxide rings is 1. The third-order valence-corrected chi connectivity index (χ3v) is 12.9. The minimum atomic E-state index is -2.19. The van der Waals surface area contributed by atoms with Crippen LogP contribution in [0.2, 0.25) is 0 Å². The highest BCUT2D eigenvalue weighted by molar-refractivity contribution is 6.00. The first-order valence-electron chi connectivity index (χ1n) is 13.8. The van der Waals surface area contributed by atoms with Crippen LogP contribution in [-0.2, 0) is 42.9 Å². The fraction of sp³-hybridized carbons (Fsp3) is 0.786. The predicted molar refractivity (Wildman–Crippen MR) is 122 cm³/mol. The average Bonchev–Trinajstić information content (AvgIpc) is 3.45. The minimum Gasteiger partial charge on any atom is -0.458 e. The van der Waals surface area contributed by atoms with Crippen LogP contribution < -0.4 is 0 Å². The molecule has 0 aromatic carbocycles. The van der Waals surface area contributed by atoms with Crippen LogP contribution in [0.5, 0.6) is 0 Å². The lowest BCUT2D eigenvalue weighted by Crippen LogP contribution is -2.79. The quantitative estimate of drug-likeness (QED) is 0.356. The molecular formula is C28H30O10. The van der Waals surface area contributed by atoms with E-state index in [2.05, 4.69) is 0 Å². The van der Waals surface area contributed by atoms with Crippen molar-refractivity contribution in [3.63, 3.8) is 0 Å². The molecule has 3 aliphatic carbocycles. The summed E-state index contributed by atoms with van der Waals surface area (Å²) in [5.74, 6) is -6.56. The lowest BCUT2D eigenvalue weighted by atomic mass is 9.46. The first-order chi connectivity index (χ1) is 17.9. The van der Waals surface area contributed by atoms with Crippen molar-refractivity contribution in [2.24, 2.45) is 34.5 Å². The van der Waals surface area contributed by atoms with Gasteiger partial charge in [0, 0.05) is 5.92 Å². The summed E-state index contributed by atoms with van der Waals surface area (Å²) in [6.07, 6.45) is 3.82. The molecule has 10 nitrogen and oxygen atoms in total. The molecule has 0 aromatic rings. The molecule has 4 unspecified atom stereocenters. The Hall–Kier alpha value is -2.14. The maximum atomic E-state index is 14.9. The Labute approximate surface area is 218 Å². The van der Waals surface area contributed by atoms with Gasteiger partial charge in [-0.3, -0.25) is 14.4 Å². The number of aliphatic hydroxyl groups is 1. The van der Waals surface area contributed by atoms with Crippen molar-refractivity contribution in [3.8, 4) is 0 Å². The summed E-state index contributed by atoms with van der Waals surface area (Å²) in [5.41, 5.74) is -8.23. The number of allylic oxidation sites excluding steroid dienone is 1. The summed E-state index contributed by atoms with van der Waals surface area (Å²) < 4.78 is 31.5. The lowest BCUT2D eigenvalue weighted by molar-refractivity contribution is -0.375. The van der Waals surface area contributed by atoms with Crippen molar-refractivity contribution in [3.05, 3.63) is 12.2 Å². The molecule has 10 heteroatoms. The van der Waals surface area contributed by atoms with Crippen molar-refractivity contribution in [1.82, 2.24) is 0 Å². The predicted octanol–water partition coefficient (Wildman–Crippen LogP) is 0.768. The standard InChI is InChI=1S/C28H30O10/c1-22-10-17-24(3)28-18(22)19(30)27(38-28,34-11-14(22)20(31)35-17)13-9-16-26(36-16)7-4-5-15(29)23(26,2)12(13)6-8-25(28,33)21(32)37-24/h4-5,12-14,16-18,33H,6-11H2,1-3H3/t12-,13?,14-,16?,17+,18-,22+,23-,24-,25+,26?,27?,28-/m0/s1. The zero-order valence-electron chi connectivity index (χ0n) is 21.5. The van der Waals surface area contributed by atoms with E-state index in [0.717, 1.165) is 0 Å². The molecule has 1 N–H and O–H groups in total. The third-order valence-electron chi connectivity index (χ3n) is 12.9. The minimum absolute atomic E-state index is 0.0583. The van der Waals surface area contributed by atoms with Gasteiger partial charge in [0.15, 0.2) is 28.4 Å². The molecule has 13 atom stereocenters. The van der Waals surface area contributed by atoms with Crippen LogP contribution >= 0.6 is 0 Å². The van der Waals surface area contributed by atoms with Crippen LogP contribution in [0.1, 0.15) is 52.9 Å². The topological polar surface area (TPSA) is 138 Å². The van der Waals surface area contributed by atoms with Crippen LogP contribution in [0.4, 0.5) is 0 Å². The van der Waals surface area contributed by atoms with E-state index < -0.39 is 80.7 Å². The molecule has 2 saturated carbocycles. The van der Waals surface area contributed by atoms with Crippen molar-refractivity contribution in [2.75, 3.05) is 6.61 Å². The van der Waals surface area contributed by atoms with Gasteiger partial charge in [-0.2, -0.15) is 0 Å². The summed E-state index contributed by atoms with van der Waals surface area (Å²) in [4.78, 5) is 55.6. The number of Topliss-reactive ketones (excluding diaryl/α,β-unsaturated/α-hetero) is 1. The molecule has 6 saturated heterocycles. The Bertz CT molecular complexity index is 1340. The largest absolute Gasteiger partial charge is 0.458 e. The van der Waals surface area contributed by atoms with E-state index in [1.807, 2.05) is 19.9 Å². The molecule has 0 amide bonds. The molecule has 9 rings (SSSR count). The Kier molecular flexibility index (Phi) is 3.47. The Morgan fingerprint density at radius 2 is 1.84 bits per heavy atom. The highest BCUT2D eigenvalue weighted by atomic mass is 16.8. The molecule has 38 heavy (non-hydrogen) atoms.